The maximum absolute atomic E-state index is 13.3. The summed E-state index contributed by atoms with van der Waals surface area (Å²) in [6, 6.07) is 17.4. The van der Waals surface area contributed by atoms with Crippen molar-refractivity contribution in [3.8, 4) is 16.9 Å². The average molecular weight is 462 g/mol. The van der Waals surface area contributed by atoms with Crippen molar-refractivity contribution < 1.29 is 9.53 Å². The molecule has 3 aromatic carbocycles. The van der Waals surface area contributed by atoms with Gasteiger partial charge in [-0.3, -0.25) is 13.9 Å². The number of nitrogens with zero attached hydrogens (tertiary/aromatic N) is 3. The summed E-state index contributed by atoms with van der Waals surface area (Å²) in [5.74, 6) is 0.605. The fourth-order valence-electron chi connectivity index (χ4n) is 4.73. The molecule has 5 rings (SSSR count). The van der Waals surface area contributed by atoms with Crippen molar-refractivity contribution in [2.75, 3.05) is 13.7 Å². The lowest BCUT2D eigenvalue weighted by atomic mass is 9.90. The molecule has 1 aromatic heterocycles. The largest absolute Gasteiger partial charge is 0.495 e. The summed E-state index contributed by atoms with van der Waals surface area (Å²) in [7, 11) is 5.07. The Balaban J connectivity index is 1.47. The lowest BCUT2D eigenvalue weighted by molar-refractivity contribution is 0.0735. The molecular formula is C26H24ClN3O3. The molecule has 1 aliphatic heterocycles. The van der Waals surface area contributed by atoms with Crippen LogP contribution >= 0.6 is 11.6 Å². The van der Waals surface area contributed by atoms with Crippen LogP contribution in [0.1, 0.15) is 21.5 Å². The Morgan fingerprint density at radius 2 is 1.70 bits per heavy atom. The summed E-state index contributed by atoms with van der Waals surface area (Å²) in [5, 5.41) is 0.591. The number of hydrogen-bond acceptors (Lipinski definition) is 3. The number of carbonyl (C=O) groups is 1. The Morgan fingerprint density at radius 3 is 2.48 bits per heavy atom. The molecule has 6 nitrogen and oxygen atoms in total. The number of amides is 1. The first kappa shape index (κ1) is 21.3. The van der Waals surface area contributed by atoms with Gasteiger partial charge in [-0.1, -0.05) is 41.9 Å². The maximum atomic E-state index is 13.3. The summed E-state index contributed by atoms with van der Waals surface area (Å²) in [4.78, 5) is 27.4. The van der Waals surface area contributed by atoms with Crippen LogP contribution in [0.3, 0.4) is 0 Å². The minimum Gasteiger partial charge on any atom is -0.495 e. The molecule has 4 aromatic rings. The number of aromatic nitrogens is 2. The standard InChI is InChI=1S/C26H24ClN3O3/c1-28-21-11-10-16(14-22(21)29(2)26(28)32)25(31)30-13-12-18-17(15-30)6-4-7-19(18)20-8-5-9-23(33-3)24(20)27/h4-11,14H,12-13,15H2,1-3H3. The highest BCUT2D eigenvalue weighted by Gasteiger charge is 2.25. The highest BCUT2D eigenvalue weighted by atomic mass is 35.5. The lowest BCUT2D eigenvalue weighted by Crippen LogP contribution is -2.36. The highest BCUT2D eigenvalue weighted by Crippen LogP contribution is 2.39. The first-order chi connectivity index (χ1) is 15.9. The number of carbonyl (C=O) groups excluding carboxylic acids is 1. The van der Waals surface area contributed by atoms with Gasteiger partial charge in [-0.2, -0.15) is 0 Å². The Labute approximate surface area is 196 Å². The van der Waals surface area contributed by atoms with Gasteiger partial charge in [0.25, 0.3) is 5.91 Å². The zero-order chi connectivity index (χ0) is 23.3. The number of methoxy groups -OCH3 is 1. The van der Waals surface area contributed by atoms with Crippen LogP contribution in [-0.2, 0) is 27.1 Å². The van der Waals surface area contributed by atoms with Gasteiger partial charge < -0.3 is 9.64 Å². The number of hydrogen-bond donors (Lipinski definition) is 0. The topological polar surface area (TPSA) is 56.5 Å². The Morgan fingerprint density at radius 1 is 0.970 bits per heavy atom. The number of rotatable bonds is 3. The zero-order valence-corrected chi connectivity index (χ0v) is 19.5. The zero-order valence-electron chi connectivity index (χ0n) is 18.8. The van der Waals surface area contributed by atoms with Crippen LogP contribution in [0.4, 0.5) is 0 Å². The van der Waals surface area contributed by atoms with E-state index in [0.717, 1.165) is 34.1 Å². The Bertz CT molecular complexity index is 1470. The SMILES string of the molecule is COc1cccc(-c2cccc3c2CCN(C(=O)c2ccc4c(c2)n(C)c(=O)n4C)C3)c1Cl. The van der Waals surface area contributed by atoms with Crippen LogP contribution in [0.5, 0.6) is 5.75 Å². The van der Waals surface area contributed by atoms with Crippen molar-refractivity contribution in [1.82, 2.24) is 14.0 Å². The number of aryl methyl sites for hydroxylation is 2. The van der Waals surface area contributed by atoms with Gasteiger partial charge in [-0.25, -0.2) is 4.79 Å². The van der Waals surface area contributed by atoms with Crippen LogP contribution in [0, 0.1) is 0 Å². The first-order valence-corrected chi connectivity index (χ1v) is 11.2. The van der Waals surface area contributed by atoms with Crippen LogP contribution in [-0.4, -0.2) is 33.6 Å². The first-order valence-electron chi connectivity index (χ1n) is 10.8. The number of benzene rings is 3. The van der Waals surface area contributed by atoms with Crippen LogP contribution < -0.4 is 10.4 Å². The number of ether oxygens (including phenoxy) is 1. The molecule has 0 spiro atoms. The van der Waals surface area contributed by atoms with Gasteiger partial charge in [-0.05, 0) is 47.4 Å². The van der Waals surface area contributed by atoms with Crippen LogP contribution in [0.25, 0.3) is 22.2 Å². The van der Waals surface area contributed by atoms with Gasteiger partial charge in [-0.15, -0.1) is 0 Å². The fraction of sp³-hybridized carbons (Fsp3) is 0.231. The van der Waals surface area contributed by atoms with E-state index in [2.05, 4.69) is 12.1 Å². The van der Waals surface area contributed by atoms with E-state index in [1.165, 1.54) is 5.56 Å². The van der Waals surface area contributed by atoms with Gasteiger partial charge in [0.15, 0.2) is 0 Å². The summed E-state index contributed by atoms with van der Waals surface area (Å²) < 4.78 is 8.55. The molecule has 0 fully saturated rings. The third kappa shape index (κ3) is 3.42. The molecule has 2 heterocycles. The van der Waals surface area contributed by atoms with Gasteiger partial charge in [0.1, 0.15) is 5.75 Å². The second kappa shape index (κ2) is 8.12. The van der Waals surface area contributed by atoms with Crippen LogP contribution in [0.15, 0.2) is 59.4 Å². The van der Waals surface area contributed by atoms with E-state index >= 15 is 0 Å². The third-order valence-corrected chi connectivity index (χ3v) is 6.94. The van der Waals surface area contributed by atoms with E-state index in [-0.39, 0.29) is 11.6 Å². The molecular weight excluding hydrogens is 438 g/mol. The highest BCUT2D eigenvalue weighted by molar-refractivity contribution is 6.34. The van der Waals surface area contributed by atoms with Gasteiger partial charge in [0.2, 0.25) is 0 Å². The number of halogens is 1. The van der Waals surface area contributed by atoms with Crippen molar-refractivity contribution in [2.24, 2.45) is 14.1 Å². The van der Waals surface area contributed by atoms with E-state index in [9.17, 15) is 9.59 Å². The molecule has 7 heteroatoms. The van der Waals surface area contributed by atoms with Crippen molar-refractivity contribution in [3.05, 3.63) is 86.8 Å². The van der Waals surface area contributed by atoms with Crippen molar-refractivity contribution in [1.29, 1.82) is 0 Å². The minimum atomic E-state index is -0.106. The molecule has 0 aliphatic carbocycles. The molecule has 33 heavy (non-hydrogen) atoms. The molecule has 1 amide bonds. The van der Waals surface area contributed by atoms with Gasteiger partial charge in [0.05, 0.1) is 23.2 Å². The predicted octanol–water partition coefficient (Wildman–Crippen LogP) is 4.40. The lowest BCUT2D eigenvalue weighted by Gasteiger charge is -2.30. The number of fused-ring (bicyclic) bond motifs is 2. The quantitative estimate of drug-likeness (QED) is 0.454. The molecule has 0 radical (unpaired) electrons. The van der Waals surface area contributed by atoms with Gasteiger partial charge >= 0.3 is 5.69 Å². The van der Waals surface area contributed by atoms with E-state index in [4.69, 9.17) is 16.3 Å². The van der Waals surface area contributed by atoms with Crippen molar-refractivity contribution in [3.63, 3.8) is 0 Å². The molecule has 0 unspecified atom stereocenters. The second-order valence-corrected chi connectivity index (χ2v) is 8.72. The van der Waals surface area contributed by atoms with E-state index in [0.29, 0.717) is 29.4 Å². The van der Waals surface area contributed by atoms with Gasteiger partial charge in [0, 0.05) is 38.3 Å². The Kier molecular flexibility index (Phi) is 5.25. The maximum Gasteiger partial charge on any atom is 0.328 e. The smallest absolute Gasteiger partial charge is 0.328 e. The van der Waals surface area contributed by atoms with E-state index in [1.807, 2.05) is 35.2 Å². The average Bonchev–Trinajstić information content (AvgIpc) is 3.06. The fourth-order valence-corrected chi connectivity index (χ4v) is 5.04. The summed E-state index contributed by atoms with van der Waals surface area (Å²) in [5.41, 5.74) is 6.36. The normalized spacial score (nSPS) is 13.3. The van der Waals surface area contributed by atoms with Crippen molar-refractivity contribution in [2.45, 2.75) is 13.0 Å². The Hall–Kier alpha value is -3.51. The van der Waals surface area contributed by atoms with Crippen LogP contribution in [0.2, 0.25) is 5.02 Å². The van der Waals surface area contributed by atoms with Crippen molar-refractivity contribution >= 4 is 28.5 Å². The molecule has 0 saturated heterocycles. The molecule has 1 aliphatic rings. The summed E-state index contributed by atoms with van der Waals surface area (Å²) in [6.07, 6.45) is 0.733. The molecule has 0 bridgehead atoms. The monoisotopic (exact) mass is 461 g/mol. The minimum absolute atomic E-state index is 0.0383. The second-order valence-electron chi connectivity index (χ2n) is 8.35. The third-order valence-electron chi connectivity index (χ3n) is 6.55. The molecule has 0 saturated carbocycles. The molecule has 0 N–H and O–H groups in total. The van der Waals surface area contributed by atoms with E-state index in [1.54, 1.807) is 42.5 Å². The van der Waals surface area contributed by atoms with E-state index < -0.39 is 0 Å². The molecule has 0 atom stereocenters. The molecule has 168 valence electrons. The number of imidazole rings is 1. The summed E-state index contributed by atoms with van der Waals surface area (Å²) >= 11 is 6.60. The predicted molar refractivity (Wildman–Crippen MR) is 130 cm³/mol. The summed E-state index contributed by atoms with van der Waals surface area (Å²) in [6.45, 7) is 1.13.